The minimum Gasteiger partial charge on any atom is -0.484 e. The molecule has 11 heteroatoms. The van der Waals surface area contributed by atoms with Crippen molar-refractivity contribution in [2.45, 2.75) is 12.7 Å². The lowest BCUT2D eigenvalue weighted by Crippen LogP contribution is -2.45. The molecule has 0 aliphatic rings. The minimum absolute atomic E-state index is 0.0949. The van der Waals surface area contributed by atoms with Crippen molar-refractivity contribution in [2.24, 2.45) is 0 Å². The van der Waals surface area contributed by atoms with E-state index >= 15 is 0 Å². The van der Waals surface area contributed by atoms with Crippen LogP contribution in [0.1, 0.15) is 11.4 Å². The summed E-state index contributed by atoms with van der Waals surface area (Å²) in [5.41, 5.74) is 4.75. The van der Waals surface area contributed by atoms with Gasteiger partial charge in [0.1, 0.15) is 12.3 Å². The number of para-hydroxylation sites is 2. The van der Waals surface area contributed by atoms with E-state index < -0.39 is 37.0 Å². The minimum atomic E-state index is -4.75. The van der Waals surface area contributed by atoms with Gasteiger partial charge < -0.3 is 9.30 Å². The van der Waals surface area contributed by atoms with Crippen LogP contribution < -0.4 is 15.6 Å². The predicted molar refractivity (Wildman–Crippen MR) is 97.7 cm³/mol. The van der Waals surface area contributed by atoms with Crippen molar-refractivity contribution in [3.05, 3.63) is 59.9 Å². The number of amides is 2. The van der Waals surface area contributed by atoms with Crippen molar-refractivity contribution in [1.82, 2.24) is 20.4 Å². The normalized spacial score (nSPS) is 11.0. The Labute approximate surface area is 167 Å². The number of hydrogen-bond acceptors (Lipinski definition) is 5. The van der Waals surface area contributed by atoms with Gasteiger partial charge in [0.2, 0.25) is 5.82 Å². The third-order valence-corrected chi connectivity index (χ3v) is 3.90. The van der Waals surface area contributed by atoms with Gasteiger partial charge in [0.15, 0.2) is 6.61 Å². The molecule has 0 spiro atoms. The standard InChI is InChI=1S/C19H14F3N5O3/c20-19(21,22)18-24-14-3-1-2-4-15(14)27(18)10-16(28)25-26-17(29)11-30-13-7-5-12(9-23)6-8-13/h1-8H,10-11H2,(H,25,28)(H,26,29). The predicted octanol–water partition coefficient (Wildman–Crippen LogP) is 2.15. The van der Waals surface area contributed by atoms with E-state index in [2.05, 4.69) is 10.4 Å². The van der Waals surface area contributed by atoms with Gasteiger partial charge in [-0.25, -0.2) is 4.98 Å². The maximum Gasteiger partial charge on any atom is 0.449 e. The SMILES string of the molecule is N#Cc1ccc(OCC(=O)NNC(=O)Cn2c(C(F)(F)F)nc3ccccc32)cc1. The van der Waals surface area contributed by atoms with Crippen molar-refractivity contribution in [3.63, 3.8) is 0 Å². The first-order valence-electron chi connectivity index (χ1n) is 8.51. The maximum atomic E-state index is 13.2. The summed E-state index contributed by atoms with van der Waals surface area (Å²) in [6.45, 7) is -1.15. The third kappa shape index (κ3) is 4.85. The number of rotatable bonds is 5. The van der Waals surface area contributed by atoms with Gasteiger partial charge in [-0.2, -0.15) is 18.4 Å². The maximum absolute atomic E-state index is 13.2. The van der Waals surface area contributed by atoms with Crippen LogP contribution in [0.4, 0.5) is 13.2 Å². The summed E-state index contributed by atoms with van der Waals surface area (Å²) in [5.74, 6) is -2.49. The first-order chi connectivity index (χ1) is 14.3. The van der Waals surface area contributed by atoms with Crippen LogP contribution >= 0.6 is 0 Å². The van der Waals surface area contributed by atoms with Crippen molar-refractivity contribution in [1.29, 1.82) is 5.26 Å². The molecule has 3 rings (SSSR count). The van der Waals surface area contributed by atoms with Crippen LogP contribution in [0.3, 0.4) is 0 Å². The fraction of sp³-hybridized carbons (Fsp3) is 0.158. The molecule has 0 radical (unpaired) electrons. The molecule has 0 saturated heterocycles. The number of hydrazine groups is 1. The van der Waals surface area contributed by atoms with E-state index in [9.17, 15) is 22.8 Å². The molecule has 1 aromatic heterocycles. The topological polar surface area (TPSA) is 109 Å². The van der Waals surface area contributed by atoms with Crippen LogP contribution in [0.2, 0.25) is 0 Å². The van der Waals surface area contributed by atoms with E-state index in [0.29, 0.717) is 11.3 Å². The van der Waals surface area contributed by atoms with Crippen LogP contribution in [0, 0.1) is 11.3 Å². The lowest BCUT2D eigenvalue weighted by atomic mass is 10.2. The lowest BCUT2D eigenvalue weighted by Gasteiger charge is -2.12. The number of benzene rings is 2. The van der Waals surface area contributed by atoms with Crippen LogP contribution in [-0.4, -0.2) is 28.0 Å². The van der Waals surface area contributed by atoms with Gasteiger partial charge in [-0.1, -0.05) is 12.1 Å². The number of alkyl halides is 3. The molecule has 0 atom stereocenters. The molecule has 0 bridgehead atoms. The molecule has 2 amide bonds. The summed E-state index contributed by atoms with van der Waals surface area (Å²) in [6.07, 6.45) is -4.75. The molecule has 2 aromatic carbocycles. The molecule has 0 saturated carbocycles. The van der Waals surface area contributed by atoms with E-state index in [1.54, 1.807) is 0 Å². The highest BCUT2D eigenvalue weighted by atomic mass is 19.4. The first-order valence-corrected chi connectivity index (χ1v) is 8.51. The number of halogens is 3. The number of ether oxygens (including phenoxy) is 1. The number of nitriles is 1. The van der Waals surface area contributed by atoms with Gasteiger partial charge in [0.25, 0.3) is 11.8 Å². The van der Waals surface area contributed by atoms with Crippen molar-refractivity contribution >= 4 is 22.8 Å². The summed E-state index contributed by atoms with van der Waals surface area (Å²) in [6, 6.07) is 13.8. The average molecular weight is 417 g/mol. The highest BCUT2D eigenvalue weighted by molar-refractivity contribution is 5.84. The summed E-state index contributed by atoms with van der Waals surface area (Å²) in [4.78, 5) is 27.4. The van der Waals surface area contributed by atoms with E-state index in [1.807, 2.05) is 11.5 Å². The van der Waals surface area contributed by atoms with Crippen molar-refractivity contribution in [2.75, 3.05) is 6.61 Å². The highest BCUT2D eigenvalue weighted by Gasteiger charge is 2.38. The van der Waals surface area contributed by atoms with E-state index in [4.69, 9.17) is 10.00 Å². The van der Waals surface area contributed by atoms with E-state index in [0.717, 1.165) is 4.57 Å². The monoisotopic (exact) mass is 417 g/mol. The number of carbonyl (C=O) groups is 2. The van der Waals surface area contributed by atoms with Crippen molar-refractivity contribution < 1.29 is 27.5 Å². The van der Waals surface area contributed by atoms with Crippen LogP contribution in [0.15, 0.2) is 48.5 Å². The summed E-state index contributed by atoms with van der Waals surface area (Å²) >= 11 is 0. The Morgan fingerprint density at radius 2 is 1.73 bits per heavy atom. The molecular weight excluding hydrogens is 403 g/mol. The number of carbonyl (C=O) groups excluding carboxylic acids is 2. The number of nitrogens with one attached hydrogen (secondary N) is 2. The molecule has 0 fully saturated rings. The molecule has 154 valence electrons. The number of fused-ring (bicyclic) bond motifs is 1. The van der Waals surface area contributed by atoms with Crippen molar-refractivity contribution in [3.8, 4) is 11.8 Å². The van der Waals surface area contributed by atoms with E-state index in [1.165, 1.54) is 48.5 Å². The Morgan fingerprint density at radius 3 is 2.40 bits per heavy atom. The zero-order valence-corrected chi connectivity index (χ0v) is 15.2. The Kier molecular flexibility index (Phi) is 5.87. The van der Waals surface area contributed by atoms with Crippen LogP contribution in [0.5, 0.6) is 5.75 Å². The third-order valence-electron chi connectivity index (χ3n) is 3.90. The Bertz CT molecular complexity index is 1120. The van der Waals surface area contributed by atoms with Gasteiger partial charge in [0, 0.05) is 0 Å². The lowest BCUT2D eigenvalue weighted by molar-refractivity contribution is -0.147. The molecule has 1 heterocycles. The smallest absolute Gasteiger partial charge is 0.449 e. The first kappa shape index (κ1) is 20.7. The quantitative estimate of drug-likeness (QED) is 0.619. The molecule has 0 unspecified atom stereocenters. The largest absolute Gasteiger partial charge is 0.484 e. The highest BCUT2D eigenvalue weighted by Crippen LogP contribution is 2.31. The summed E-state index contributed by atoms with van der Waals surface area (Å²) in [7, 11) is 0. The summed E-state index contributed by atoms with van der Waals surface area (Å²) in [5, 5.41) is 8.72. The van der Waals surface area contributed by atoms with E-state index in [-0.39, 0.29) is 11.0 Å². The fourth-order valence-corrected chi connectivity index (χ4v) is 2.59. The van der Waals surface area contributed by atoms with Crippen LogP contribution in [-0.2, 0) is 22.3 Å². The van der Waals surface area contributed by atoms with Gasteiger partial charge in [0.05, 0.1) is 22.7 Å². The molecule has 0 aliphatic carbocycles. The molecule has 2 N–H and O–H groups in total. The Morgan fingerprint density at radius 1 is 1.07 bits per heavy atom. The van der Waals surface area contributed by atoms with Gasteiger partial charge in [-0.15, -0.1) is 0 Å². The second-order valence-corrected chi connectivity index (χ2v) is 6.03. The Balaban J connectivity index is 1.58. The number of imidazole rings is 1. The van der Waals surface area contributed by atoms with Gasteiger partial charge in [-0.05, 0) is 36.4 Å². The van der Waals surface area contributed by atoms with Gasteiger partial charge >= 0.3 is 6.18 Å². The average Bonchev–Trinajstić information content (AvgIpc) is 3.10. The number of aromatic nitrogens is 2. The molecule has 8 nitrogen and oxygen atoms in total. The fourth-order valence-electron chi connectivity index (χ4n) is 2.59. The molecule has 0 aliphatic heterocycles. The summed E-state index contributed by atoms with van der Waals surface area (Å²) < 4.78 is 45.6. The van der Waals surface area contributed by atoms with Gasteiger partial charge in [-0.3, -0.25) is 20.4 Å². The Hall–Kier alpha value is -4.07. The molecule has 3 aromatic rings. The zero-order valence-electron chi connectivity index (χ0n) is 15.2. The molecule has 30 heavy (non-hydrogen) atoms. The second-order valence-electron chi connectivity index (χ2n) is 6.03. The molecular formula is C19H14F3N5O3. The zero-order chi connectivity index (χ0) is 21.7. The second kappa shape index (κ2) is 8.52. The number of hydrogen-bond donors (Lipinski definition) is 2. The van der Waals surface area contributed by atoms with Crippen LogP contribution in [0.25, 0.3) is 11.0 Å². The number of nitrogens with zero attached hydrogens (tertiary/aromatic N) is 3.